The standard InChI is InChI=1S/C19H27N9O2/c1-13-11-17(25-24-13)21-16-12-18(27-9-7-26(2)8-10-27)23-19(22-16)20-14-3-5-15(6-4-14)28(29)30/h3-6,12-13,17,24-25H,7-11H2,1-2H3,(H2,20,21,22,23). The van der Waals surface area contributed by atoms with E-state index < -0.39 is 4.92 Å². The maximum absolute atomic E-state index is 10.9. The van der Waals surface area contributed by atoms with Crippen LogP contribution in [0.15, 0.2) is 30.3 Å². The zero-order chi connectivity index (χ0) is 21.1. The second-order valence-corrected chi connectivity index (χ2v) is 7.78. The molecule has 1 aromatic carbocycles. The second kappa shape index (κ2) is 8.78. The zero-order valence-electron chi connectivity index (χ0n) is 17.1. The van der Waals surface area contributed by atoms with Crippen molar-refractivity contribution >= 4 is 29.0 Å². The SMILES string of the molecule is CC1CC(Nc2cc(N3CCN(C)CC3)nc(Nc3ccc([N+](=O)[O-])cc3)n2)NN1. The highest BCUT2D eigenvalue weighted by molar-refractivity contribution is 5.60. The van der Waals surface area contributed by atoms with Crippen molar-refractivity contribution in [1.82, 2.24) is 25.7 Å². The predicted molar refractivity (Wildman–Crippen MR) is 116 cm³/mol. The summed E-state index contributed by atoms with van der Waals surface area (Å²) in [6.07, 6.45) is 1.00. The van der Waals surface area contributed by atoms with Gasteiger partial charge < -0.3 is 20.4 Å². The van der Waals surface area contributed by atoms with Gasteiger partial charge in [-0.3, -0.25) is 15.5 Å². The molecule has 0 aliphatic carbocycles. The largest absolute Gasteiger partial charge is 0.354 e. The molecule has 4 N–H and O–H groups in total. The Kier molecular flexibility index (Phi) is 5.93. The number of benzene rings is 1. The van der Waals surface area contributed by atoms with Crippen LogP contribution in [0.2, 0.25) is 0 Å². The van der Waals surface area contributed by atoms with E-state index in [1.165, 1.54) is 12.1 Å². The molecule has 11 nitrogen and oxygen atoms in total. The summed E-state index contributed by atoms with van der Waals surface area (Å²) in [5, 5.41) is 17.5. The summed E-state index contributed by atoms with van der Waals surface area (Å²) in [7, 11) is 2.12. The van der Waals surface area contributed by atoms with Crippen molar-refractivity contribution in [2.75, 3.05) is 48.8 Å². The van der Waals surface area contributed by atoms with Crippen LogP contribution in [0.5, 0.6) is 0 Å². The number of hydrogen-bond acceptors (Lipinski definition) is 10. The van der Waals surface area contributed by atoms with E-state index in [0.717, 1.165) is 44.2 Å². The molecular formula is C19H27N9O2. The minimum Gasteiger partial charge on any atom is -0.354 e. The van der Waals surface area contributed by atoms with Gasteiger partial charge in [0.15, 0.2) is 0 Å². The van der Waals surface area contributed by atoms with E-state index in [-0.39, 0.29) is 11.9 Å². The Balaban J connectivity index is 1.56. The van der Waals surface area contributed by atoms with Crippen LogP contribution in [0.4, 0.5) is 29.0 Å². The molecular weight excluding hydrogens is 386 g/mol. The lowest BCUT2D eigenvalue weighted by atomic mass is 10.2. The summed E-state index contributed by atoms with van der Waals surface area (Å²) in [6.45, 7) is 5.85. The van der Waals surface area contributed by atoms with E-state index in [2.05, 4.69) is 50.2 Å². The third-order valence-electron chi connectivity index (χ3n) is 5.29. The number of non-ortho nitro benzene ring substituents is 1. The Morgan fingerprint density at radius 1 is 1.13 bits per heavy atom. The maximum Gasteiger partial charge on any atom is 0.269 e. The summed E-state index contributed by atoms with van der Waals surface area (Å²) in [6, 6.07) is 8.57. The molecule has 0 radical (unpaired) electrons. The number of hydrazine groups is 1. The van der Waals surface area contributed by atoms with Crippen molar-refractivity contribution in [2.45, 2.75) is 25.6 Å². The first-order valence-electron chi connectivity index (χ1n) is 10.1. The number of rotatable bonds is 6. The average Bonchev–Trinajstić information content (AvgIpc) is 3.13. The molecule has 1 aromatic heterocycles. The van der Waals surface area contributed by atoms with Gasteiger partial charge in [0, 0.05) is 56.1 Å². The number of nitro benzene ring substituents is 1. The summed E-state index contributed by atoms with van der Waals surface area (Å²) in [4.78, 5) is 24.3. The van der Waals surface area contributed by atoms with E-state index in [0.29, 0.717) is 17.7 Å². The Bertz CT molecular complexity index is 884. The molecule has 0 saturated carbocycles. The normalized spacial score (nSPS) is 22.1. The maximum atomic E-state index is 10.9. The van der Waals surface area contributed by atoms with Gasteiger partial charge in [0.25, 0.3) is 5.69 Å². The summed E-state index contributed by atoms with van der Waals surface area (Å²) in [5.74, 6) is 2.02. The minimum absolute atomic E-state index is 0.0453. The van der Waals surface area contributed by atoms with Crippen molar-refractivity contribution in [3.8, 4) is 0 Å². The second-order valence-electron chi connectivity index (χ2n) is 7.78. The van der Waals surface area contributed by atoms with Gasteiger partial charge in [-0.25, -0.2) is 5.43 Å². The van der Waals surface area contributed by atoms with Crippen LogP contribution in [0, 0.1) is 10.1 Å². The molecule has 2 unspecified atom stereocenters. The van der Waals surface area contributed by atoms with Gasteiger partial charge in [-0.2, -0.15) is 9.97 Å². The van der Waals surface area contributed by atoms with Crippen LogP contribution < -0.4 is 26.4 Å². The number of nitrogens with one attached hydrogen (secondary N) is 4. The van der Waals surface area contributed by atoms with Crippen LogP contribution in [-0.4, -0.2) is 65.2 Å². The minimum atomic E-state index is -0.417. The van der Waals surface area contributed by atoms with Crippen molar-refractivity contribution in [3.05, 3.63) is 40.4 Å². The molecule has 0 bridgehead atoms. The number of hydrogen-bond donors (Lipinski definition) is 4. The number of nitrogens with zero attached hydrogens (tertiary/aromatic N) is 5. The Morgan fingerprint density at radius 2 is 1.87 bits per heavy atom. The van der Waals surface area contributed by atoms with E-state index in [1.807, 2.05) is 6.07 Å². The van der Waals surface area contributed by atoms with Gasteiger partial charge in [0.1, 0.15) is 11.6 Å². The molecule has 2 aliphatic heterocycles. The lowest BCUT2D eigenvalue weighted by Gasteiger charge is -2.33. The topological polar surface area (TPSA) is 124 Å². The van der Waals surface area contributed by atoms with Crippen LogP contribution in [0.1, 0.15) is 13.3 Å². The van der Waals surface area contributed by atoms with E-state index >= 15 is 0 Å². The van der Waals surface area contributed by atoms with Crippen LogP contribution in [-0.2, 0) is 0 Å². The van der Waals surface area contributed by atoms with Crippen molar-refractivity contribution in [3.63, 3.8) is 0 Å². The third-order valence-corrected chi connectivity index (χ3v) is 5.29. The number of piperazine rings is 1. The van der Waals surface area contributed by atoms with Crippen molar-refractivity contribution < 1.29 is 4.92 Å². The molecule has 11 heteroatoms. The molecule has 2 aliphatic rings. The molecule has 0 spiro atoms. The fourth-order valence-electron chi connectivity index (χ4n) is 3.55. The Hall–Kier alpha value is -3.02. The number of likely N-dealkylation sites (N-methyl/N-ethyl adjacent to an activating group) is 1. The van der Waals surface area contributed by atoms with Crippen LogP contribution in [0.25, 0.3) is 0 Å². The number of anilines is 4. The summed E-state index contributed by atoms with van der Waals surface area (Å²) < 4.78 is 0. The van der Waals surface area contributed by atoms with Gasteiger partial charge in [0.05, 0.1) is 11.1 Å². The molecule has 0 amide bonds. The van der Waals surface area contributed by atoms with Gasteiger partial charge in [-0.15, -0.1) is 0 Å². The van der Waals surface area contributed by atoms with Crippen molar-refractivity contribution in [1.29, 1.82) is 0 Å². The lowest BCUT2D eigenvalue weighted by molar-refractivity contribution is -0.384. The molecule has 2 atom stereocenters. The number of aromatic nitrogens is 2. The molecule has 2 aromatic rings. The van der Waals surface area contributed by atoms with Gasteiger partial charge >= 0.3 is 0 Å². The van der Waals surface area contributed by atoms with Crippen molar-refractivity contribution in [2.24, 2.45) is 0 Å². The quantitative estimate of drug-likeness (QED) is 0.409. The molecule has 3 heterocycles. The van der Waals surface area contributed by atoms with Crippen LogP contribution >= 0.6 is 0 Å². The Labute approximate surface area is 175 Å². The van der Waals surface area contributed by atoms with E-state index in [9.17, 15) is 10.1 Å². The molecule has 30 heavy (non-hydrogen) atoms. The highest BCUT2D eigenvalue weighted by Crippen LogP contribution is 2.24. The predicted octanol–water partition coefficient (Wildman–Crippen LogP) is 1.50. The fraction of sp³-hybridized carbons (Fsp3) is 0.474. The summed E-state index contributed by atoms with van der Waals surface area (Å²) >= 11 is 0. The fourth-order valence-corrected chi connectivity index (χ4v) is 3.55. The highest BCUT2D eigenvalue weighted by atomic mass is 16.6. The first-order chi connectivity index (χ1) is 14.5. The van der Waals surface area contributed by atoms with E-state index in [4.69, 9.17) is 4.98 Å². The van der Waals surface area contributed by atoms with Crippen LogP contribution in [0.3, 0.4) is 0 Å². The Morgan fingerprint density at radius 3 is 2.50 bits per heavy atom. The molecule has 2 saturated heterocycles. The third kappa shape index (κ3) is 4.93. The first-order valence-corrected chi connectivity index (χ1v) is 10.1. The smallest absolute Gasteiger partial charge is 0.269 e. The summed E-state index contributed by atoms with van der Waals surface area (Å²) in [5.41, 5.74) is 7.15. The average molecular weight is 413 g/mol. The molecule has 160 valence electrons. The highest BCUT2D eigenvalue weighted by Gasteiger charge is 2.22. The van der Waals surface area contributed by atoms with Gasteiger partial charge in [-0.1, -0.05) is 0 Å². The number of nitro groups is 1. The monoisotopic (exact) mass is 413 g/mol. The molecule has 4 rings (SSSR count). The molecule has 2 fully saturated rings. The zero-order valence-corrected chi connectivity index (χ0v) is 17.1. The lowest BCUT2D eigenvalue weighted by Crippen LogP contribution is -2.45. The van der Waals surface area contributed by atoms with Gasteiger partial charge in [-0.05, 0) is 32.5 Å². The first kappa shape index (κ1) is 20.3. The van der Waals surface area contributed by atoms with Gasteiger partial charge in [0.2, 0.25) is 5.95 Å². The van der Waals surface area contributed by atoms with E-state index in [1.54, 1.807) is 12.1 Å².